The number of ketones is 1. The summed E-state index contributed by atoms with van der Waals surface area (Å²) >= 11 is 0. The van der Waals surface area contributed by atoms with Crippen molar-refractivity contribution in [3.8, 4) is 11.5 Å². The van der Waals surface area contributed by atoms with Crippen LogP contribution in [0.2, 0.25) is 0 Å². The molecule has 0 aliphatic carbocycles. The lowest BCUT2D eigenvalue weighted by molar-refractivity contribution is -0.132. The molecule has 2 aliphatic rings. The van der Waals surface area contributed by atoms with Crippen LogP contribution in [0.15, 0.2) is 72.3 Å². The van der Waals surface area contributed by atoms with Crippen LogP contribution in [0.1, 0.15) is 56.0 Å². The Hall–Kier alpha value is -4.06. The molecule has 6 nitrogen and oxygen atoms in total. The van der Waals surface area contributed by atoms with E-state index < -0.39 is 17.7 Å². The zero-order valence-electron chi connectivity index (χ0n) is 21.7. The van der Waals surface area contributed by atoms with Crippen molar-refractivity contribution in [2.45, 2.75) is 51.7 Å². The predicted molar refractivity (Wildman–Crippen MR) is 143 cm³/mol. The lowest BCUT2D eigenvalue weighted by Crippen LogP contribution is -2.29. The van der Waals surface area contributed by atoms with E-state index in [-0.39, 0.29) is 22.9 Å². The van der Waals surface area contributed by atoms with E-state index in [0.717, 1.165) is 16.9 Å². The summed E-state index contributed by atoms with van der Waals surface area (Å²) in [5, 5.41) is 11.5. The van der Waals surface area contributed by atoms with Crippen LogP contribution in [0.4, 0.5) is 5.69 Å². The van der Waals surface area contributed by atoms with Gasteiger partial charge in [0.1, 0.15) is 23.4 Å². The van der Waals surface area contributed by atoms with Crippen LogP contribution in [-0.4, -0.2) is 30.0 Å². The molecule has 0 saturated carbocycles. The van der Waals surface area contributed by atoms with E-state index in [0.29, 0.717) is 29.0 Å². The summed E-state index contributed by atoms with van der Waals surface area (Å²) in [6.07, 6.45) is 0.764. The molecule has 3 aromatic rings. The van der Waals surface area contributed by atoms with E-state index in [2.05, 4.69) is 20.8 Å². The van der Waals surface area contributed by atoms with E-state index in [9.17, 15) is 14.7 Å². The monoisotopic (exact) mass is 497 g/mol. The minimum Gasteiger partial charge on any atom is -0.507 e. The van der Waals surface area contributed by atoms with Crippen LogP contribution < -0.4 is 14.4 Å². The lowest BCUT2D eigenvalue weighted by atomic mass is 9.87. The van der Waals surface area contributed by atoms with E-state index >= 15 is 0 Å². The molecule has 37 heavy (non-hydrogen) atoms. The SMILES string of the molecule is COc1ccc(C2/C(=C(/O)c3ccc4c(c3)CC(C)O4)C(=O)C(=O)N2c2ccc(C(C)(C)C)cc2)cc1. The summed E-state index contributed by atoms with van der Waals surface area (Å²) in [6, 6.07) is 19.4. The maximum Gasteiger partial charge on any atom is 0.300 e. The predicted octanol–water partition coefficient (Wildman–Crippen LogP) is 5.94. The van der Waals surface area contributed by atoms with Crippen molar-refractivity contribution in [3.63, 3.8) is 0 Å². The number of nitrogens with zero attached hydrogens (tertiary/aromatic N) is 1. The van der Waals surface area contributed by atoms with E-state index in [4.69, 9.17) is 9.47 Å². The number of hydrogen-bond acceptors (Lipinski definition) is 5. The molecule has 3 aromatic carbocycles. The Morgan fingerprint density at radius 1 is 1.00 bits per heavy atom. The first-order chi connectivity index (χ1) is 17.6. The highest BCUT2D eigenvalue weighted by molar-refractivity contribution is 6.51. The molecule has 190 valence electrons. The van der Waals surface area contributed by atoms with Crippen LogP contribution in [0, 0.1) is 0 Å². The Kier molecular flexibility index (Phi) is 6.06. The number of aliphatic hydroxyl groups is 1. The Labute approximate surface area is 217 Å². The fraction of sp³-hybridized carbons (Fsp3) is 0.290. The average Bonchev–Trinajstić information content (AvgIpc) is 3.38. The highest BCUT2D eigenvalue weighted by atomic mass is 16.5. The molecular formula is C31H31NO5. The minimum absolute atomic E-state index is 0.0494. The van der Waals surface area contributed by atoms with Crippen LogP contribution in [0.3, 0.4) is 0 Å². The number of hydrogen-bond donors (Lipinski definition) is 1. The van der Waals surface area contributed by atoms with Gasteiger partial charge in [-0.1, -0.05) is 45.0 Å². The quantitative estimate of drug-likeness (QED) is 0.274. The number of amides is 1. The smallest absolute Gasteiger partial charge is 0.300 e. The molecule has 1 fully saturated rings. The number of methoxy groups -OCH3 is 1. The molecule has 2 aliphatic heterocycles. The number of Topliss-reactive ketones (excluding diaryl/α,β-unsaturated/α-hetero) is 1. The highest BCUT2D eigenvalue weighted by Gasteiger charge is 2.47. The van der Waals surface area contributed by atoms with Gasteiger partial charge in [0.25, 0.3) is 11.7 Å². The third kappa shape index (κ3) is 4.37. The second-order valence-electron chi connectivity index (χ2n) is 10.7. The topological polar surface area (TPSA) is 76.1 Å². The van der Waals surface area contributed by atoms with Crippen molar-refractivity contribution in [2.24, 2.45) is 0 Å². The Balaban J connectivity index is 1.65. The zero-order valence-corrected chi connectivity index (χ0v) is 21.7. The van der Waals surface area contributed by atoms with Gasteiger partial charge >= 0.3 is 0 Å². The number of anilines is 1. The fourth-order valence-electron chi connectivity index (χ4n) is 5.05. The van der Waals surface area contributed by atoms with E-state index in [1.54, 1.807) is 31.4 Å². The molecule has 6 heteroatoms. The van der Waals surface area contributed by atoms with Crippen molar-refractivity contribution in [1.82, 2.24) is 0 Å². The molecule has 2 heterocycles. The first kappa shape index (κ1) is 24.6. The number of aliphatic hydroxyl groups excluding tert-OH is 1. The molecule has 0 bridgehead atoms. The summed E-state index contributed by atoms with van der Waals surface area (Å²) in [5.74, 6) is -0.166. The fourth-order valence-corrected chi connectivity index (χ4v) is 5.05. The summed E-state index contributed by atoms with van der Waals surface area (Å²) in [6.45, 7) is 8.34. The van der Waals surface area contributed by atoms with Crippen molar-refractivity contribution in [3.05, 3.63) is 94.6 Å². The second-order valence-corrected chi connectivity index (χ2v) is 10.7. The molecule has 0 spiro atoms. The molecule has 2 atom stereocenters. The van der Waals surface area contributed by atoms with Gasteiger partial charge in [-0.05, 0) is 71.5 Å². The standard InChI is InChI=1S/C31H31NO5/c1-18-16-21-17-20(8-15-25(21)37-18)28(33)26-27(19-6-13-24(36-5)14-7-19)32(30(35)29(26)34)23-11-9-22(10-12-23)31(2,3)4/h6-15,17-18,27,33H,16H2,1-5H3/b28-26-. The number of benzene rings is 3. The molecule has 5 rings (SSSR count). The van der Waals surface area contributed by atoms with Gasteiger partial charge in [-0.3, -0.25) is 14.5 Å². The summed E-state index contributed by atoms with van der Waals surface area (Å²) < 4.78 is 11.1. The third-order valence-electron chi connectivity index (χ3n) is 7.06. The lowest BCUT2D eigenvalue weighted by Gasteiger charge is -2.27. The Morgan fingerprint density at radius 3 is 2.30 bits per heavy atom. The van der Waals surface area contributed by atoms with Crippen LogP contribution in [-0.2, 0) is 21.4 Å². The molecule has 0 radical (unpaired) electrons. The summed E-state index contributed by atoms with van der Waals surface area (Å²) in [4.78, 5) is 28.4. The van der Waals surface area contributed by atoms with Crippen molar-refractivity contribution in [2.75, 3.05) is 12.0 Å². The molecule has 1 amide bonds. The maximum atomic E-state index is 13.5. The van der Waals surface area contributed by atoms with Gasteiger partial charge < -0.3 is 14.6 Å². The van der Waals surface area contributed by atoms with Crippen LogP contribution in [0.25, 0.3) is 5.76 Å². The average molecular weight is 498 g/mol. The molecular weight excluding hydrogens is 466 g/mol. The van der Waals surface area contributed by atoms with Gasteiger partial charge in [0.15, 0.2) is 0 Å². The number of ether oxygens (including phenoxy) is 2. The summed E-state index contributed by atoms with van der Waals surface area (Å²) in [5.41, 5.74) is 3.84. The van der Waals surface area contributed by atoms with E-state index in [1.807, 2.05) is 49.4 Å². The first-order valence-corrected chi connectivity index (χ1v) is 12.4. The second kappa shape index (κ2) is 9.11. The Morgan fingerprint density at radius 2 is 1.68 bits per heavy atom. The van der Waals surface area contributed by atoms with Gasteiger partial charge in [0.2, 0.25) is 0 Å². The zero-order chi connectivity index (χ0) is 26.5. The number of fused-ring (bicyclic) bond motifs is 1. The largest absolute Gasteiger partial charge is 0.507 e. The molecule has 1 N–H and O–H groups in total. The molecule has 0 aromatic heterocycles. The van der Waals surface area contributed by atoms with Crippen molar-refractivity contribution < 1.29 is 24.2 Å². The summed E-state index contributed by atoms with van der Waals surface area (Å²) in [7, 11) is 1.58. The van der Waals surface area contributed by atoms with Gasteiger partial charge in [0, 0.05) is 17.7 Å². The molecule has 1 saturated heterocycles. The van der Waals surface area contributed by atoms with Crippen LogP contribution >= 0.6 is 0 Å². The first-order valence-electron chi connectivity index (χ1n) is 12.4. The van der Waals surface area contributed by atoms with Crippen molar-refractivity contribution in [1.29, 1.82) is 0 Å². The van der Waals surface area contributed by atoms with Gasteiger partial charge in [-0.2, -0.15) is 0 Å². The Bertz CT molecular complexity index is 1400. The number of rotatable bonds is 4. The third-order valence-corrected chi connectivity index (χ3v) is 7.06. The maximum absolute atomic E-state index is 13.5. The number of carbonyl (C=O) groups is 2. The molecule has 2 unspecified atom stereocenters. The van der Waals surface area contributed by atoms with E-state index in [1.165, 1.54) is 4.90 Å². The van der Waals surface area contributed by atoms with Crippen LogP contribution in [0.5, 0.6) is 11.5 Å². The van der Waals surface area contributed by atoms with Gasteiger partial charge in [-0.15, -0.1) is 0 Å². The van der Waals surface area contributed by atoms with Gasteiger partial charge in [-0.25, -0.2) is 0 Å². The normalized spacial score (nSPS) is 20.6. The van der Waals surface area contributed by atoms with Crippen molar-refractivity contribution >= 4 is 23.1 Å². The minimum atomic E-state index is -0.796. The van der Waals surface area contributed by atoms with Gasteiger partial charge in [0.05, 0.1) is 18.7 Å². The highest BCUT2D eigenvalue weighted by Crippen LogP contribution is 2.43. The number of carbonyl (C=O) groups excluding carboxylic acids is 2.